The molecule has 1 heterocycles. The quantitative estimate of drug-likeness (QED) is 0.904. The molecule has 0 aliphatic carbocycles. The van der Waals surface area contributed by atoms with Crippen LogP contribution in [-0.2, 0) is 11.3 Å². The number of rotatable bonds is 5. The zero-order chi connectivity index (χ0) is 14.7. The van der Waals surface area contributed by atoms with Gasteiger partial charge in [-0.2, -0.15) is 5.10 Å². The zero-order valence-corrected chi connectivity index (χ0v) is 11.6. The van der Waals surface area contributed by atoms with Crippen molar-refractivity contribution >= 4 is 5.97 Å². The summed E-state index contributed by atoms with van der Waals surface area (Å²) < 4.78 is 11.9. The molecule has 6 heteroatoms. The van der Waals surface area contributed by atoms with E-state index in [1.54, 1.807) is 18.9 Å². The summed E-state index contributed by atoms with van der Waals surface area (Å²) in [7, 11) is 3.11. The van der Waals surface area contributed by atoms with Crippen molar-refractivity contribution < 1.29 is 19.4 Å². The van der Waals surface area contributed by atoms with Crippen molar-refractivity contribution in [1.29, 1.82) is 0 Å². The van der Waals surface area contributed by atoms with Crippen LogP contribution in [0.5, 0.6) is 5.75 Å². The third kappa shape index (κ3) is 2.65. The average Bonchev–Trinajstić information content (AvgIpc) is 2.83. The van der Waals surface area contributed by atoms with Crippen molar-refractivity contribution in [3.8, 4) is 11.4 Å². The lowest BCUT2D eigenvalue weighted by Crippen LogP contribution is -2.06. The second-order valence-electron chi connectivity index (χ2n) is 4.35. The summed E-state index contributed by atoms with van der Waals surface area (Å²) in [6, 6.07) is 7.12. The molecule has 0 aliphatic rings. The molecule has 106 valence electrons. The molecule has 2 aromatic rings. The number of aryl methyl sites for hydroxylation is 1. The van der Waals surface area contributed by atoms with Gasteiger partial charge in [0.25, 0.3) is 0 Å². The third-order valence-electron chi connectivity index (χ3n) is 2.86. The lowest BCUT2D eigenvalue weighted by atomic mass is 10.2. The number of benzene rings is 1. The predicted octanol–water partition coefficient (Wildman–Crippen LogP) is 2.03. The smallest absolute Gasteiger partial charge is 0.356 e. The van der Waals surface area contributed by atoms with E-state index in [0.717, 1.165) is 5.56 Å². The number of nitrogens with zero attached hydrogens (tertiary/aromatic N) is 2. The van der Waals surface area contributed by atoms with Gasteiger partial charge in [-0.3, -0.25) is 0 Å². The molecular formula is C14H16N2O4. The molecule has 1 aromatic heterocycles. The van der Waals surface area contributed by atoms with Gasteiger partial charge >= 0.3 is 5.97 Å². The topological polar surface area (TPSA) is 73.6 Å². The van der Waals surface area contributed by atoms with Crippen molar-refractivity contribution in [1.82, 2.24) is 9.78 Å². The van der Waals surface area contributed by atoms with Gasteiger partial charge in [0.15, 0.2) is 5.69 Å². The first kappa shape index (κ1) is 14.1. The average molecular weight is 276 g/mol. The first-order valence-corrected chi connectivity index (χ1v) is 6.03. The van der Waals surface area contributed by atoms with E-state index in [9.17, 15) is 4.79 Å². The van der Waals surface area contributed by atoms with Crippen molar-refractivity contribution in [3.63, 3.8) is 0 Å². The minimum atomic E-state index is -1.08. The number of methoxy groups -OCH3 is 2. The molecule has 0 fully saturated rings. The molecule has 0 radical (unpaired) electrons. The van der Waals surface area contributed by atoms with Gasteiger partial charge in [-0.05, 0) is 30.7 Å². The molecule has 0 bridgehead atoms. The molecule has 20 heavy (non-hydrogen) atoms. The highest BCUT2D eigenvalue weighted by atomic mass is 16.5. The number of aromatic carboxylic acids is 1. The Hall–Kier alpha value is -2.34. The summed E-state index contributed by atoms with van der Waals surface area (Å²) in [5.74, 6) is -0.458. The van der Waals surface area contributed by atoms with Crippen LogP contribution in [0, 0.1) is 6.92 Å². The fraction of sp³-hybridized carbons (Fsp3) is 0.286. The normalized spacial score (nSPS) is 10.6. The number of hydrogen-bond donors (Lipinski definition) is 1. The van der Waals surface area contributed by atoms with Gasteiger partial charge in [-0.1, -0.05) is 6.07 Å². The predicted molar refractivity (Wildman–Crippen MR) is 72.5 cm³/mol. The highest BCUT2D eigenvalue weighted by molar-refractivity contribution is 5.85. The standard InChI is InChI=1S/C14H16N2O4/c1-9-4-5-13(20-3)12(6-9)16-10(8-19-2)7-11(15-16)14(17)18/h4-7H,8H2,1-3H3,(H,17,18). The molecule has 6 nitrogen and oxygen atoms in total. The Morgan fingerprint density at radius 1 is 1.35 bits per heavy atom. The monoisotopic (exact) mass is 276 g/mol. The molecule has 0 spiro atoms. The van der Waals surface area contributed by atoms with Gasteiger partial charge in [-0.25, -0.2) is 9.48 Å². The van der Waals surface area contributed by atoms with Crippen molar-refractivity contribution in [2.45, 2.75) is 13.5 Å². The van der Waals surface area contributed by atoms with Gasteiger partial charge in [0, 0.05) is 7.11 Å². The molecular weight excluding hydrogens is 260 g/mol. The lowest BCUT2D eigenvalue weighted by molar-refractivity contribution is 0.0690. The fourth-order valence-corrected chi connectivity index (χ4v) is 1.95. The molecule has 0 amide bonds. The van der Waals surface area contributed by atoms with Crippen molar-refractivity contribution in [3.05, 3.63) is 41.2 Å². The van der Waals surface area contributed by atoms with Gasteiger partial charge in [-0.15, -0.1) is 0 Å². The van der Waals surface area contributed by atoms with E-state index in [1.165, 1.54) is 6.07 Å². The highest BCUT2D eigenvalue weighted by Gasteiger charge is 2.17. The first-order valence-electron chi connectivity index (χ1n) is 6.03. The van der Waals surface area contributed by atoms with Crippen molar-refractivity contribution in [2.24, 2.45) is 0 Å². The van der Waals surface area contributed by atoms with Gasteiger partial charge < -0.3 is 14.6 Å². The SMILES string of the molecule is COCc1cc(C(=O)O)nn1-c1cc(C)ccc1OC. The van der Waals surface area contributed by atoms with Crippen LogP contribution in [0.3, 0.4) is 0 Å². The summed E-state index contributed by atoms with van der Waals surface area (Å²) in [6.07, 6.45) is 0. The van der Waals surface area contributed by atoms with Crippen LogP contribution in [0.25, 0.3) is 5.69 Å². The Bertz CT molecular complexity index is 634. The number of carboxylic acid groups (broad SMARTS) is 1. The van der Waals surface area contributed by atoms with E-state index in [1.807, 2.05) is 25.1 Å². The third-order valence-corrected chi connectivity index (χ3v) is 2.86. The van der Waals surface area contributed by atoms with Gasteiger partial charge in [0.2, 0.25) is 0 Å². The van der Waals surface area contributed by atoms with Crippen molar-refractivity contribution in [2.75, 3.05) is 14.2 Å². The van der Waals surface area contributed by atoms with E-state index < -0.39 is 5.97 Å². The molecule has 0 atom stereocenters. The second-order valence-corrected chi connectivity index (χ2v) is 4.35. The van der Waals surface area contributed by atoms with Crippen LogP contribution in [0.15, 0.2) is 24.3 Å². The first-order chi connectivity index (χ1) is 9.56. The van der Waals surface area contributed by atoms with Crippen LogP contribution in [0.1, 0.15) is 21.7 Å². The number of carboxylic acids is 1. The largest absolute Gasteiger partial charge is 0.494 e. The van der Waals surface area contributed by atoms with E-state index in [4.69, 9.17) is 14.6 Å². The molecule has 1 aromatic carbocycles. The van der Waals surface area contributed by atoms with Crippen LogP contribution in [-0.4, -0.2) is 35.1 Å². The number of hydrogen-bond acceptors (Lipinski definition) is 4. The van der Waals surface area contributed by atoms with E-state index in [0.29, 0.717) is 17.1 Å². The summed E-state index contributed by atoms with van der Waals surface area (Å²) in [6.45, 7) is 2.21. The Morgan fingerprint density at radius 2 is 2.10 bits per heavy atom. The Kier molecular flexibility index (Phi) is 4.05. The lowest BCUT2D eigenvalue weighted by Gasteiger charge is -2.12. The highest BCUT2D eigenvalue weighted by Crippen LogP contribution is 2.25. The van der Waals surface area contributed by atoms with E-state index >= 15 is 0 Å². The minimum absolute atomic E-state index is 0.0272. The summed E-state index contributed by atoms with van der Waals surface area (Å²) in [5.41, 5.74) is 2.33. The summed E-state index contributed by atoms with van der Waals surface area (Å²) in [5, 5.41) is 13.2. The summed E-state index contributed by atoms with van der Waals surface area (Å²) >= 11 is 0. The maximum absolute atomic E-state index is 11.1. The van der Waals surface area contributed by atoms with Crippen LogP contribution in [0.2, 0.25) is 0 Å². The maximum atomic E-state index is 11.1. The molecule has 0 saturated heterocycles. The molecule has 0 unspecified atom stereocenters. The van der Waals surface area contributed by atoms with E-state index in [-0.39, 0.29) is 12.3 Å². The number of ether oxygens (including phenoxy) is 2. The second kappa shape index (κ2) is 5.75. The van der Waals surface area contributed by atoms with Crippen LogP contribution in [0.4, 0.5) is 0 Å². The molecule has 2 rings (SSSR count). The zero-order valence-electron chi connectivity index (χ0n) is 11.6. The fourth-order valence-electron chi connectivity index (χ4n) is 1.95. The van der Waals surface area contributed by atoms with Crippen LogP contribution < -0.4 is 4.74 Å². The Morgan fingerprint density at radius 3 is 2.70 bits per heavy atom. The molecule has 0 aliphatic heterocycles. The maximum Gasteiger partial charge on any atom is 0.356 e. The van der Waals surface area contributed by atoms with Gasteiger partial charge in [0.05, 0.1) is 19.4 Å². The number of carbonyl (C=O) groups is 1. The molecule has 1 N–H and O–H groups in total. The van der Waals surface area contributed by atoms with Crippen LogP contribution >= 0.6 is 0 Å². The number of aromatic nitrogens is 2. The minimum Gasteiger partial charge on any atom is -0.494 e. The Labute approximate surface area is 116 Å². The van der Waals surface area contributed by atoms with E-state index in [2.05, 4.69) is 5.10 Å². The van der Waals surface area contributed by atoms with Gasteiger partial charge in [0.1, 0.15) is 11.4 Å². The Balaban J connectivity index is 2.61. The summed E-state index contributed by atoms with van der Waals surface area (Å²) in [4.78, 5) is 11.1. The molecule has 0 saturated carbocycles.